The van der Waals surface area contributed by atoms with E-state index in [0.29, 0.717) is 23.5 Å². The predicted molar refractivity (Wildman–Crippen MR) is 116 cm³/mol. The largest absolute Gasteiger partial charge is 0.484 e. The van der Waals surface area contributed by atoms with Crippen molar-refractivity contribution in [2.75, 3.05) is 26.0 Å². The van der Waals surface area contributed by atoms with Gasteiger partial charge in [-0.3, -0.25) is 14.4 Å². The van der Waals surface area contributed by atoms with E-state index in [-0.39, 0.29) is 30.2 Å². The van der Waals surface area contributed by atoms with Gasteiger partial charge in [-0.2, -0.15) is 0 Å². The first-order valence-corrected chi connectivity index (χ1v) is 9.91. The Morgan fingerprint density at radius 3 is 2.50 bits per heavy atom. The molecule has 0 radical (unpaired) electrons. The number of rotatable bonds is 9. The molecule has 1 unspecified atom stereocenters. The summed E-state index contributed by atoms with van der Waals surface area (Å²) in [5.74, 6) is -0.0506. The molecule has 2 rings (SSSR count). The van der Waals surface area contributed by atoms with Crippen LogP contribution in [0.3, 0.4) is 0 Å². The van der Waals surface area contributed by atoms with Gasteiger partial charge in [-0.15, -0.1) is 0 Å². The Kier molecular flexibility index (Phi) is 8.41. The summed E-state index contributed by atoms with van der Waals surface area (Å²) in [4.78, 5) is 37.6. The van der Waals surface area contributed by atoms with Crippen LogP contribution in [0.25, 0.3) is 0 Å². The summed E-state index contributed by atoms with van der Waals surface area (Å²) < 4.78 is 5.45. The first-order chi connectivity index (χ1) is 14.3. The lowest BCUT2D eigenvalue weighted by molar-refractivity contribution is -0.130. The van der Waals surface area contributed by atoms with Gasteiger partial charge in [-0.25, -0.2) is 0 Å². The maximum absolute atomic E-state index is 12.5. The normalized spacial score (nSPS) is 11.3. The molecule has 1 atom stereocenters. The third kappa shape index (κ3) is 6.92. The molecule has 0 aliphatic rings. The molecular weight excluding hydrogens is 382 g/mol. The molecule has 160 valence electrons. The Hall–Kier alpha value is -3.35. The van der Waals surface area contributed by atoms with Crippen molar-refractivity contribution in [1.29, 1.82) is 0 Å². The van der Waals surface area contributed by atoms with Gasteiger partial charge in [0, 0.05) is 37.8 Å². The van der Waals surface area contributed by atoms with E-state index in [1.54, 1.807) is 38.4 Å². The molecule has 30 heavy (non-hydrogen) atoms. The molecule has 2 N–H and O–H groups in total. The molecule has 0 saturated carbocycles. The molecule has 0 saturated heterocycles. The number of hydrogen-bond donors (Lipinski definition) is 2. The highest BCUT2D eigenvalue weighted by atomic mass is 16.5. The second-order valence-electron chi connectivity index (χ2n) is 7.29. The SMILES string of the molecule is CCC(C)C(=O)Nc1cccc(CNC(=O)c2cccc(OCC(=O)N(C)C)c2)c1. The number of anilines is 1. The number of amides is 3. The third-order valence-electron chi connectivity index (χ3n) is 4.66. The summed E-state index contributed by atoms with van der Waals surface area (Å²) in [6, 6.07) is 14.1. The molecule has 0 aliphatic heterocycles. The van der Waals surface area contributed by atoms with Crippen LogP contribution in [0, 0.1) is 5.92 Å². The zero-order chi connectivity index (χ0) is 22.1. The molecule has 0 aromatic heterocycles. The third-order valence-corrected chi connectivity index (χ3v) is 4.66. The number of hydrogen-bond acceptors (Lipinski definition) is 4. The van der Waals surface area contributed by atoms with Crippen LogP contribution in [-0.4, -0.2) is 43.3 Å². The van der Waals surface area contributed by atoms with Crippen molar-refractivity contribution in [3.05, 3.63) is 59.7 Å². The minimum atomic E-state index is -0.256. The fraction of sp³-hybridized carbons (Fsp3) is 0.348. The molecule has 0 spiro atoms. The fourth-order valence-corrected chi connectivity index (χ4v) is 2.50. The molecule has 2 aromatic rings. The number of nitrogens with one attached hydrogen (secondary N) is 2. The van der Waals surface area contributed by atoms with Crippen LogP contribution in [-0.2, 0) is 16.1 Å². The summed E-state index contributed by atoms with van der Waals surface area (Å²) in [6.45, 7) is 4.08. The van der Waals surface area contributed by atoms with Crippen LogP contribution in [0.1, 0.15) is 36.2 Å². The highest BCUT2D eigenvalue weighted by molar-refractivity contribution is 5.94. The zero-order valence-electron chi connectivity index (χ0n) is 17.9. The standard InChI is InChI=1S/C23H29N3O4/c1-5-16(2)22(28)25-19-10-6-8-17(12-19)14-24-23(29)18-9-7-11-20(13-18)30-15-21(27)26(3)4/h6-13,16H,5,14-15H2,1-4H3,(H,24,29)(H,25,28). The monoisotopic (exact) mass is 411 g/mol. The number of nitrogens with zero attached hydrogens (tertiary/aromatic N) is 1. The minimum Gasteiger partial charge on any atom is -0.484 e. The molecule has 0 fully saturated rings. The second-order valence-corrected chi connectivity index (χ2v) is 7.29. The first-order valence-electron chi connectivity index (χ1n) is 9.91. The molecular formula is C23H29N3O4. The van der Waals surface area contributed by atoms with Crippen molar-refractivity contribution < 1.29 is 19.1 Å². The highest BCUT2D eigenvalue weighted by Crippen LogP contribution is 2.15. The maximum Gasteiger partial charge on any atom is 0.259 e. The number of benzene rings is 2. The number of carbonyl (C=O) groups excluding carboxylic acids is 3. The van der Waals surface area contributed by atoms with E-state index in [4.69, 9.17) is 4.74 Å². The van der Waals surface area contributed by atoms with Gasteiger partial charge in [-0.1, -0.05) is 32.0 Å². The maximum atomic E-state index is 12.5. The van der Waals surface area contributed by atoms with Crippen molar-refractivity contribution >= 4 is 23.4 Å². The quantitative estimate of drug-likeness (QED) is 0.664. The van der Waals surface area contributed by atoms with E-state index in [9.17, 15) is 14.4 Å². The van der Waals surface area contributed by atoms with Crippen molar-refractivity contribution in [3.63, 3.8) is 0 Å². The van der Waals surface area contributed by atoms with Crippen molar-refractivity contribution in [2.45, 2.75) is 26.8 Å². The van der Waals surface area contributed by atoms with Gasteiger partial charge in [0.15, 0.2) is 6.61 Å². The summed E-state index contributed by atoms with van der Waals surface area (Å²) in [5, 5.41) is 5.75. The van der Waals surface area contributed by atoms with E-state index < -0.39 is 0 Å². The summed E-state index contributed by atoms with van der Waals surface area (Å²) in [5.41, 5.74) is 2.01. The Labute approximate surface area is 177 Å². The average molecular weight is 412 g/mol. The van der Waals surface area contributed by atoms with Crippen LogP contribution >= 0.6 is 0 Å². The van der Waals surface area contributed by atoms with E-state index in [1.807, 2.05) is 38.1 Å². The number of carbonyl (C=O) groups is 3. The molecule has 7 heteroatoms. The van der Waals surface area contributed by atoms with Gasteiger partial charge in [0.25, 0.3) is 11.8 Å². The Morgan fingerprint density at radius 1 is 1.07 bits per heavy atom. The lowest BCUT2D eigenvalue weighted by atomic mass is 10.1. The fourth-order valence-electron chi connectivity index (χ4n) is 2.50. The van der Waals surface area contributed by atoms with Gasteiger partial charge in [0.1, 0.15) is 5.75 Å². The van der Waals surface area contributed by atoms with Crippen molar-refractivity contribution in [3.8, 4) is 5.75 Å². The summed E-state index contributed by atoms with van der Waals surface area (Å²) in [6.07, 6.45) is 0.771. The molecule has 0 aliphatic carbocycles. The average Bonchev–Trinajstić information content (AvgIpc) is 2.75. The van der Waals surface area contributed by atoms with Crippen molar-refractivity contribution in [1.82, 2.24) is 10.2 Å². The van der Waals surface area contributed by atoms with Gasteiger partial charge >= 0.3 is 0 Å². The number of ether oxygens (including phenoxy) is 1. The van der Waals surface area contributed by atoms with Crippen LogP contribution in [0.15, 0.2) is 48.5 Å². The van der Waals surface area contributed by atoms with Crippen molar-refractivity contribution in [2.24, 2.45) is 5.92 Å². The Bertz CT molecular complexity index is 896. The van der Waals surface area contributed by atoms with Gasteiger partial charge in [-0.05, 0) is 42.3 Å². The molecule has 2 aromatic carbocycles. The highest BCUT2D eigenvalue weighted by Gasteiger charge is 2.12. The van der Waals surface area contributed by atoms with Crippen LogP contribution in [0.2, 0.25) is 0 Å². The summed E-state index contributed by atoms with van der Waals surface area (Å²) in [7, 11) is 3.31. The smallest absolute Gasteiger partial charge is 0.259 e. The Morgan fingerprint density at radius 2 is 1.80 bits per heavy atom. The van der Waals surface area contributed by atoms with Crippen LogP contribution in [0.5, 0.6) is 5.75 Å². The lowest BCUT2D eigenvalue weighted by Gasteiger charge is -2.12. The van der Waals surface area contributed by atoms with Gasteiger partial charge in [0.2, 0.25) is 5.91 Å². The van der Waals surface area contributed by atoms with E-state index in [0.717, 1.165) is 12.0 Å². The predicted octanol–water partition coefficient (Wildman–Crippen LogP) is 3.07. The van der Waals surface area contributed by atoms with Crippen LogP contribution in [0.4, 0.5) is 5.69 Å². The first kappa shape index (κ1) is 22.9. The molecule has 3 amide bonds. The van der Waals surface area contributed by atoms with E-state index in [1.165, 1.54) is 4.90 Å². The second kappa shape index (κ2) is 11.0. The van der Waals surface area contributed by atoms with E-state index >= 15 is 0 Å². The number of likely N-dealkylation sites (N-methyl/N-ethyl adjacent to an activating group) is 1. The minimum absolute atomic E-state index is 0.0248. The zero-order valence-corrected chi connectivity index (χ0v) is 17.9. The molecule has 0 bridgehead atoms. The Balaban J connectivity index is 1.94. The van der Waals surface area contributed by atoms with Crippen LogP contribution < -0.4 is 15.4 Å². The molecule has 0 heterocycles. The topological polar surface area (TPSA) is 87.7 Å². The van der Waals surface area contributed by atoms with Gasteiger partial charge < -0.3 is 20.3 Å². The lowest BCUT2D eigenvalue weighted by Crippen LogP contribution is -2.27. The summed E-state index contributed by atoms with van der Waals surface area (Å²) >= 11 is 0. The van der Waals surface area contributed by atoms with E-state index in [2.05, 4.69) is 10.6 Å². The molecule has 7 nitrogen and oxygen atoms in total. The van der Waals surface area contributed by atoms with Gasteiger partial charge in [0.05, 0.1) is 0 Å².